The number of rotatable bonds is 2. The highest BCUT2D eigenvalue weighted by molar-refractivity contribution is 8.09. The molecular weight excluding hydrogens is 251 g/mol. The van der Waals surface area contributed by atoms with E-state index in [2.05, 4.69) is 13.8 Å². The van der Waals surface area contributed by atoms with E-state index in [1.165, 1.54) is 25.7 Å². The summed E-state index contributed by atoms with van der Waals surface area (Å²) in [6, 6.07) is 0. The van der Waals surface area contributed by atoms with Crippen LogP contribution in [0.4, 0.5) is 0 Å². The van der Waals surface area contributed by atoms with Crippen molar-refractivity contribution < 1.29 is 9.05 Å². The van der Waals surface area contributed by atoms with Gasteiger partial charge in [0.1, 0.15) is 0 Å². The van der Waals surface area contributed by atoms with E-state index >= 15 is 0 Å². The smallest absolute Gasteiger partial charge is 0.185 e. The van der Waals surface area contributed by atoms with Crippen LogP contribution >= 0.6 is 6.49 Å². The standard InChI is InChI=1S/C13H25O2PS/c1-10(2)11-4-6-12(7-5-11)13-8-14-16(3,17)15-9-13/h10-13H,4-9H2,1-3H3. The van der Waals surface area contributed by atoms with Crippen LogP contribution in [0, 0.1) is 23.7 Å². The molecule has 0 aromatic carbocycles. The minimum Gasteiger partial charge on any atom is -0.329 e. The fourth-order valence-corrected chi connectivity index (χ4v) is 4.47. The molecule has 1 saturated carbocycles. The second-order valence-electron chi connectivity index (χ2n) is 6.04. The Morgan fingerprint density at radius 3 is 2.00 bits per heavy atom. The zero-order valence-electron chi connectivity index (χ0n) is 11.2. The Morgan fingerprint density at radius 1 is 1.00 bits per heavy atom. The molecule has 0 radical (unpaired) electrons. The summed E-state index contributed by atoms with van der Waals surface area (Å²) in [6.45, 7) is 6.45. The summed E-state index contributed by atoms with van der Waals surface area (Å²) in [5.41, 5.74) is 0. The second kappa shape index (κ2) is 5.69. The lowest BCUT2D eigenvalue weighted by atomic mass is 9.73. The van der Waals surface area contributed by atoms with E-state index in [1.807, 2.05) is 6.66 Å². The first-order valence-corrected chi connectivity index (χ1v) is 9.93. The highest BCUT2D eigenvalue weighted by atomic mass is 32.5. The summed E-state index contributed by atoms with van der Waals surface area (Å²) in [4.78, 5) is 0. The first-order valence-electron chi connectivity index (χ1n) is 6.84. The molecule has 0 bridgehead atoms. The lowest BCUT2D eigenvalue weighted by Crippen LogP contribution is -2.31. The van der Waals surface area contributed by atoms with Crippen LogP contribution in [0.25, 0.3) is 0 Å². The summed E-state index contributed by atoms with van der Waals surface area (Å²) in [5.74, 6) is 3.18. The van der Waals surface area contributed by atoms with Gasteiger partial charge in [-0.25, -0.2) is 0 Å². The van der Waals surface area contributed by atoms with Crippen LogP contribution in [0.1, 0.15) is 39.5 Å². The molecule has 1 saturated heterocycles. The van der Waals surface area contributed by atoms with Gasteiger partial charge in [0, 0.05) is 12.6 Å². The molecule has 0 aromatic heterocycles. The van der Waals surface area contributed by atoms with E-state index in [0.29, 0.717) is 5.92 Å². The summed E-state index contributed by atoms with van der Waals surface area (Å²) in [7, 11) is 0. The van der Waals surface area contributed by atoms with E-state index in [9.17, 15) is 0 Å². The first kappa shape index (κ1) is 14.0. The Bertz CT molecular complexity index is 286. The molecule has 2 rings (SSSR count). The zero-order chi connectivity index (χ0) is 12.5. The molecule has 0 amide bonds. The Hall–Kier alpha value is 0.570. The van der Waals surface area contributed by atoms with Gasteiger partial charge in [0.15, 0.2) is 6.49 Å². The molecule has 1 aliphatic heterocycles. The van der Waals surface area contributed by atoms with Gasteiger partial charge in [0.2, 0.25) is 0 Å². The van der Waals surface area contributed by atoms with Crippen molar-refractivity contribution in [3.63, 3.8) is 0 Å². The highest BCUT2D eigenvalue weighted by Crippen LogP contribution is 2.50. The van der Waals surface area contributed by atoms with Crippen molar-refractivity contribution in [3.05, 3.63) is 0 Å². The van der Waals surface area contributed by atoms with E-state index in [0.717, 1.165) is 31.0 Å². The van der Waals surface area contributed by atoms with E-state index in [4.69, 9.17) is 20.9 Å². The van der Waals surface area contributed by atoms with E-state index in [1.54, 1.807) is 0 Å². The lowest BCUT2D eigenvalue weighted by Gasteiger charge is -2.38. The minimum atomic E-state index is -1.87. The third-order valence-corrected chi connectivity index (χ3v) is 6.34. The molecule has 0 N–H and O–H groups in total. The Morgan fingerprint density at radius 2 is 1.53 bits per heavy atom. The molecule has 2 fully saturated rings. The molecule has 1 heterocycles. The molecule has 0 atom stereocenters. The van der Waals surface area contributed by atoms with Crippen LogP contribution in [-0.4, -0.2) is 19.9 Å². The Balaban J connectivity index is 1.80. The van der Waals surface area contributed by atoms with Crippen molar-refractivity contribution in [1.82, 2.24) is 0 Å². The lowest BCUT2D eigenvalue weighted by molar-refractivity contribution is 0.0569. The normalized spacial score (nSPS) is 43.9. The molecule has 2 nitrogen and oxygen atoms in total. The van der Waals surface area contributed by atoms with Crippen LogP contribution in [0.15, 0.2) is 0 Å². The SMILES string of the molecule is CC(C)C1CCC(C2COP(C)(=S)OC2)CC1. The van der Waals surface area contributed by atoms with Crippen LogP contribution < -0.4 is 0 Å². The van der Waals surface area contributed by atoms with Gasteiger partial charge >= 0.3 is 0 Å². The maximum absolute atomic E-state index is 5.71. The molecule has 100 valence electrons. The quantitative estimate of drug-likeness (QED) is 0.709. The van der Waals surface area contributed by atoms with Crippen molar-refractivity contribution in [1.29, 1.82) is 0 Å². The molecule has 1 aliphatic carbocycles. The molecule has 17 heavy (non-hydrogen) atoms. The topological polar surface area (TPSA) is 18.5 Å². The average Bonchev–Trinajstić information content (AvgIpc) is 2.29. The van der Waals surface area contributed by atoms with Crippen molar-refractivity contribution in [2.45, 2.75) is 39.5 Å². The number of hydrogen-bond donors (Lipinski definition) is 0. The predicted octanol–water partition coefficient (Wildman–Crippen LogP) is 4.05. The molecular formula is C13H25O2PS. The third kappa shape index (κ3) is 3.76. The van der Waals surface area contributed by atoms with Gasteiger partial charge in [-0.15, -0.1) is 0 Å². The summed E-state index contributed by atoms with van der Waals surface area (Å²) in [6.07, 6.45) is 5.48. The predicted molar refractivity (Wildman–Crippen MR) is 75.9 cm³/mol. The minimum absolute atomic E-state index is 0.596. The van der Waals surface area contributed by atoms with Crippen molar-refractivity contribution >= 4 is 18.3 Å². The second-order valence-corrected chi connectivity index (χ2v) is 10.1. The molecule has 4 heteroatoms. The van der Waals surface area contributed by atoms with Gasteiger partial charge in [-0.1, -0.05) is 13.8 Å². The fraction of sp³-hybridized carbons (Fsp3) is 1.00. The van der Waals surface area contributed by atoms with Gasteiger partial charge in [-0.3, -0.25) is 0 Å². The molecule has 0 unspecified atom stereocenters. The van der Waals surface area contributed by atoms with Crippen molar-refractivity contribution in [3.8, 4) is 0 Å². The zero-order valence-corrected chi connectivity index (χ0v) is 12.9. The Kier molecular flexibility index (Phi) is 4.68. The molecule has 0 spiro atoms. The summed E-state index contributed by atoms with van der Waals surface area (Å²) in [5, 5.41) is 0. The van der Waals surface area contributed by atoms with Gasteiger partial charge in [-0.05, 0) is 55.2 Å². The molecule has 2 aliphatic rings. The van der Waals surface area contributed by atoms with Crippen LogP contribution in [0.3, 0.4) is 0 Å². The van der Waals surface area contributed by atoms with Gasteiger partial charge in [0.05, 0.1) is 13.2 Å². The monoisotopic (exact) mass is 276 g/mol. The van der Waals surface area contributed by atoms with Gasteiger partial charge in [0.25, 0.3) is 0 Å². The van der Waals surface area contributed by atoms with Gasteiger partial charge in [-0.2, -0.15) is 0 Å². The van der Waals surface area contributed by atoms with E-state index in [-0.39, 0.29) is 0 Å². The summed E-state index contributed by atoms with van der Waals surface area (Å²) >= 11 is 5.27. The average molecular weight is 276 g/mol. The van der Waals surface area contributed by atoms with Crippen LogP contribution in [-0.2, 0) is 20.9 Å². The fourth-order valence-electron chi connectivity index (χ4n) is 3.10. The van der Waals surface area contributed by atoms with Crippen LogP contribution in [0.2, 0.25) is 0 Å². The van der Waals surface area contributed by atoms with E-state index < -0.39 is 6.49 Å². The number of hydrogen-bond acceptors (Lipinski definition) is 3. The Labute approximate surface area is 111 Å². The molecule has 0 aromatic rings. The largest absolute Gasteiger partial charge is 0.329 e. The van der Waals surface area contributed by atoms with Crippen molar-refractivity contribution in [2.75, 3.05) is 19.9 Å². The summed E-state index contributed by atoms with van der Waals surface area (Å²) < 4.78 is 11.4. The maximum Gasteiger partial charge on any atom is 0.185 e. The van der Waals surface area contributed by atoms with Crippen molar-refractivity contribution in [2.24, 2.45) is 23.7 Å². The first-order chi connectivity index (χ1) is 7.98. The van der Waals surface area contributed by atoms with Gasteiger partial charge < -0.3 is 9.05 Å². The van der Waals surface area contributed by atoms with Crippen LogP contribution in [0.5, 0.6) is 0 Å². The third-order valence-electron chi connectivity index (χ3n) is 4.47. The maximum atomic E-state index is 5.71. The highest BCUT2D eigenvalue weighted by Gasteiger charge is 2.33.